The van der Waals surface area contributed by atoms with E-state index in [1.807, 2.05) is 6.08 Å². The van der Waals surface area contributed by atoms with E-state index in [1.165, 1.54) is 5.57 Å². The first kappa shape index (κ1) is 7.73. The molecule has 1 nitrogen and oxygen atoms in total. The monoisotopic (exact) mass is 200 g/mol. The van der Waals surface area contributed by atoms with Gasteiger partial charge in [0.2, 0.25) is 0 Å². The molecule has 1 aliphatic rings. The minimum Gasteiger partial charge on any atom is -0.303 e. The Kier molecular flexibility index (Phi) is 2.44. The highest BCUT2D eigenvalue weighted by Crippen LogP contribution is 2.34. The van der Waals surface area contributed by atoms with Crippen LogP contribution in [0.25, 0.3) is 0 Å². The minimum atomic E-state index is 0.0907. The molecule has 0 saturated heterocycles. The number of halogens is 1. The van der Waals surface area contributed by atoms with E-state index < -0.39 is 0 Å². The van der Waals surface area contributed by atoms with Crippen LogP contribution in [-0.2, 0) is 4.79 Å². The lowest BCUT2D eigenvalue weighted by atomic mass is 10.2. The van der Waals surface area contributed by atoms with Crippen LogP contribution in [0.5, 0.6) is 0 Å². The molecule has 1 aliphatic carbocycles. The van der Waals surface area contributed by atoms with Gasteiger partial charge in [0.05, 0.1) is 0 Å². The van der Waals surface area contributed by atoms with Gasteiger partial charge < -0.3 is 4.79 Å². The molecule has 0 spiro atoms. The van der Waals surface area contributed by atoms with Gasteiger partial charge in [0.15, 0.2) is 0 Å². The maximum absolute atomic E-state index is 10.4. The molecule has 0 N–H and O–H groups in total. The predicted octanol–water partition coefficient (Wildman–Crippen LogP) is 2.43. The summed E-state index contributed by atoms with van der Waals surface area (Å²) in [5, 5.41) is 0. The molecule has 1 unspecified atom stereocenters. The van der Waals surface area contributed by atoms with Crippen molar-refractivity contribution in [1.82, 2.24) is 0 Å². The second-order valence-corrected chi connectivity index (χ2v) is 3.21. The largest absolute Gasteiger partial charge is 0.303 e. The fraction of sp³-hybridized carbons (Fsp3) is 0.375. The number of hydrogen-bond donors (Lipinski definition) is 0. The molecule has 1 rings (SSSR count). The van der Waals surface area contributed by atoms with Crippen molar-refractivity contribution in [2.45, 2.75) is 12.8 Å². The molecule has 0 bridgehead atoms. The van der Waals surface area contributed by atoms with E-state index in [0.717, 1.165) is 23.6 Å². The Morgan fingerprint density at radius 3 is 2.70 bits per heavy atom. The molecule has 0 heterocycles. The third-order valence-electron chi connectivity index (χ3n) is 1.77. The summed E-state index contributed by atoms with van der Waals surface area (Å²) in [5.41, 5.74) is 1.18. The molecule has 1 atom stereocenters. The lowest BCUT2D eigenvalue weighted by Crippen LogP contribution is -1.94. The topological polar surface area (TPSA) is 17.1 Å². The van der Waals surface area contributed by atoms with E-state index >= 15 is 0 Å². The highest BCUT2D eigenvalue weighted by molar-refractivity contribution is 9.11. The zero-order valence-electron chi connectivity index (χ0n) is 5.64. The van der Waals surface area contributed by atoms with Gasteiger partial charge >= 0.3 is 0 Å². The summed E-state index contributed by atoms with van der Waals surface area (Å²) in [6, 6.07) is 0. The Morgan fingerprint density at radius 1 is 1.70 bits per heavy atom. The molecule has 0 aromatic rings. The van der Waals surface area contributed by atoms with Crippen LogP contribution in [0, 0.1) is 5.92 Å². The van der Waals surface area contributed by atoms with Crippen LogP contribution in [0.15, 0.2) is 22.7 Å². The van der Waals surface area contributed by atoms with Gasteiger partial charge in [-0.2, -0.15) is 0 Å². The van der Waals surface area contributed by atoms with Crippen molar-refractivity contribution in [1.29, 1.82) is 0 Å². The van der Waals surface area contributed by atoms with Gasteiger partial charge in [-0.05, 0) is 18.4 Å². The molecule has 0 aliphatic heterocycles. The highest BCUT2D eigenvalue weighted by atomic mass is 79.9. The lowest BCUT2D eigenvalue weighted by molar-refractivity contribution is -0.109. The molecule has 2 heteroatoms. The first-order valence-corrected chi connectivity index (χ1v) is 4.05. The average molecular weight is 201 g/mol. The summed E-state index contributed by atoms with van der Waals surface area (Å²) in [7, 11) is 0. The van der Waals surface area contributed by atoms with Crippen molar-refractivity contribution >= 4 is 22.2 Å². The number of carbonyl (C=O) groups is 1. The van der Waals surface area contributed by atoms with Gasteiger partial charge in [-0.3, -0.25) is 0 Å². The first-order chi connectivity index (χ1) is 4.79. The van der Waals surface area contributed by atoms with Gasteiger partial charge in [0.1, 0.15) is 6.29 Å². The van der Waals surface area contributed by atoms with Crippen LogP contribution in [0.1, 0.15) is 12.8 Å². The molecular formula is C8H9BrO. The number of allylic oxidation sites excluding steroid dienone is 3. The van der Waals surface area contributed by atoms with Gasteiger partial charge in [0, 0.05) is 10.4 Å². The summed E-state index contributed by atoms with van der Waals surface area (Å²) >= 11 is 3.37. The second kappa shape index (κ2) is 3.15. The Balaban J connectivity index is 2.82. The molecule has 0 amide bonds. The number of hydrogen-bond acceptors (Lipinski definition) is 1. The highest BCUT2D eigenvalue weighted by Gasteiger charge is 2.20. The van der Waals surface area contributed by atoms with Crippen LogP contribution >= 0.6 is 15.9 Å². The standard InChI is InChI=1S/C8H9BrO/c1-2-6-3-4-7(5-10)8(6)9/h2,5,7H,1,3-4H2. The van der Waals surface area contributed by atoms with Crippen molar-refractivity contribution in [2.75, 3.05) is 0 Å². The molecule has 0 radical (unpaired) electrons. The average Bonchev–Trinajstić information content (AvgIpc) is 2.30. The fourth-order valence-electron chi connectivity index (χ4n) is 1.12. The fourth-order valence-corrected chi connectivity index (χ4v) is 1.82. The summed E-state index contributed by atoms with van der Waals surface area (Å²) in [5.74, 6) is 0.0907. The van der Waals surface area contributed by atoms with Crippen LogP contribution in [0.4, 0.5) is 0 Å². The van der Waals surface area contributed by atoms with Crippen molar-refractivity contribution in [3.05, 3.63) is 22.7 Å². The number of rotatable bonds is 2. The van der Waals surface area contributed by atoms with E-state index in [1.54, 1.807) is 0 Å². The van der Waals surface area contributed by atoms with Gasteiger partial charge in [-0.25, -0.2) is 0 Å². The van der Waals surface area contributed by atoms with Crippen LogP contribution in [0.3, 0.4) is 0 Å². The quantitative estimate of drug-likeness (QED) is 0.627. The van der Waals surface area contributed by atoms with Gasteiger partial charge in [-0.15, -0.1) is 0 Å². The smallest absolute Gasteiger partial charge is 0.128 e. The van der Waals surface area contributed by atoms with Crippen molar-refractivity contribution in [3.63, 3.8) is 0 Å². The van der Waals surface area contributed by atoms with E-state index in [0.29, 0.717) is 0 Å². The normalized spacial score (nSPS) is 25.1. The Bertz CT molecular complexity index is 193. The van der Waals surface area contributed by atoms with Gasteiger partial charge in [0.25, 0.3) is 0 Å². The zero-order valence-corrected chi connectivity index (χ0v) is 7.23. The van der Waals surface area contributed by atoms with Crippen LogP contribution in [-0.4, -0.2) is 6.29 Å². The molecule has 0 aromatic heterocycles. The SMILES string of the molecule is C=CC1=C(Br)C(C=O)CC1. The zero-order chi connectivity index (χ0) is 7.56. The Morgan fingerprint density at radius 2 is 2.40 bits per heavy atom. The third kappa shape index (κ3) is 1.21. The van der Waals surface area contributed by atoms with E-state index in [2.05, 4.69) is 22.5 Å². The van der Waals surface area contributed by atoms with E-state index in [4.69, 9.17) is 0 Å². The summed E-state index contributed by atoms with van der Waals surface area (Å²) in [6.45, 7) is 3.66. The third-order valence-corrected chi connectivity index (χ3v) is 2.87. The Labute approximate surface area is 68.9 Å². The molecular weight excluding hydrogens is 192 g/mol. The van der Waals surface area contributed by atoms with E-state index in [9.17, 15) is 4.79 Å². The van der Waals surface area contributed by atoms with Crippen molar-refractivity contribution < 1.29 is 4.79 Å². The molecule has 0 aromatic carbocycles. The lowest BCUT2D eigenvalue weighted by Gasteiger charge is -1.96. The summed E-state index contributed by atoms with van der Waals surface area (Å²) in [4.78, 5) is 10.4. The number of aldehydes is 1. The Hall–Kier alpha value is -0.370. The minimum absolute atomic E-state index is 0.0907. The van der Waals surface area contributed by atoms with Crippen molar-refractivity contribution in [3.8, 4) is 0 Å². The molecule has 0 fully saturated rings. The molecule has 0 saturated carbocycles. The van der Waals surface area contributed by atoms with E-state index in [-0.39, 0.29) is 5.92 Å². The van der Waals surface area contributed by atoms with Crippen molar-refractivity contribution in [2.24, 2.45) is 5.92 Å². The first-order valence-electron chi connectivity index (χ1n) is 3.26. The van der Waals surface area contributed by atoms with Gasteiger partial charge in [-0.1, -0.05) is 28.6 Å². The molecule has 54 valence electrons. The summed E-state index contributed by atoms with van der Waals surface area (Å²) < 4.78 is 1.03. The maximum atomic E-state index is 10.4. The maximum Gasteiger partial charge on any atom is 0.128 e. The molecule has 10 heavy (non-hydrogen) atoms. The predicted molar refractivity (Wildman–Crippen MR) is 44.9 cm³/mol. The number of carbonyl (C=O) groups excluding carboxylic acids is 1. The second-order valence-electron chi connectivity index (χ2n) is 2.36. The van der Waals surface area contributed by atoms with Crippen LogP contribution in [0.2, 0.25) is 0 Å². The summed E-state index contributed by atoms with van der Waals surface area (Å²) in [6.07, 6.45) is 4.72. The van der Waals surface area contributed by atoms with Crippen LogP contribution < -0.4 is 0 Å².